The highest BCUT2D eigenvalue weighted by atomic mass is 16.1. The fraction of sp³-hybridized carbons (Fsp3) is 0.353. The van der Waals surface area contributed by atoms with Gasteiger partial charge in [0.15, 0.2) is 5.82 Å². The van der Waals surface area contributed by atoms with Gasteiger partial charge in [-0.05, 0) is 44.0 Å². The lowest BCUT2D eigenvalue weighted by molar-refractivity contribution is -0.120. The molecule has 3 rings (SSSR count). The number of nitrogens with one attached hydrogen (secondary N) is 1. The molecule has 1 saturated heterocycles. The smallest absolute Gasteiger partial charge is 0.227 e. The van der Waals surface area contributed by atoms with Gasteiger partial charge in [0.2, 0.25) is 5.91 Å². The molecule has 1 N–H and O–H groups in total. The fourth-order valence-electron chi connectivity index (χ4n) is 2.70. The number of benzene rings is 1. The Labute approximate surface area is 130 Å². The lowest BCUT2D eigenvalue weighted by Crippen LogP contribution is -2.38. The maximum atomic E-state index is 12.3. The zero-order valence-corrected chi connectivity index (χ0v) is 12.7. The molecule has 0 atom stereocenters. The summed E-state index contributed by atoms with van der Waals surface area (Å²) in [6, 6.07) is 13.6. The van der Waals surface area contributed by atoms with Crippen molar-refractivity contribution in [3.8, 4) is 0 Å². The van der Waals surface area contributed by atoms with Crippen LogP contribution in [-0.2, 0) is 4.79 Å². The Hall–Kier alpha value is -2.43. The molecule has 1 fully saturated rings. The van der Waals surface area contributed by atoms with Gasteiger partial charge in [-0.1, -0.05) is 18.2 Å². The number of aromatic nitrogens is 2. The largest absolute Gasteiger partial charge is 0.355 e. The molecule has 2 heterocycles. The SMILES string of the molecule is Cc1ccc(N2CCC(C(=O)Nc3ccccc3)CC2)nn1. The lowest BCUT2D eigenvalue weighted by atomic mass is 9.96. The second kappa shape index (κ2) is 6.56. The molecule has 1 aliphatic rings. The molecule has 22 heavy (non-hydrogen) atoms. The van der Waals surface area contributed by atoms with Gasteiger partial charge in [-0.25, -0.2) is 0 Å². The normalized spacial score (nSPS) is 15.6. The van der Waals surface area contributed by atoms with E-state index in [1.165, 1.54) is 0 Å². The van der Waals surface area contributed by atoms with Crippen LogP contribution in [0.4, 0.5) is 11.5 Å². The van der Waals surface area contributed by atoms with Crippen molar-refractivity contribution in [1.29, 1.82) is 0 Å². The summed E-state index contributed by atoms with van der Waals surface area (Å²) in [4.78, 5) is 14.5. The highest BCUT2D eigenvalue weighted by Gasteiger charge is 2.25. The molecular weight excluding hydrogens is 276 g/mol. The number of nitrogens with zero attached hydrogens (tertiary/aromatic N) is 3. The van der Waals surface area contributed by atoms with Crippen molar-refractivity contribution in [1.82, 2.24) is 10.2 Å². The first-order valence-electron chi connectivity index (χ1n) is 7.63. The number of amides is 1. The Balaban J connectivity index is 1.55. The van der Waals surface area contributed by atoms with Crippen LogP contribution in [0.1, 0.15) is 18.5 Å². The van der Waals surface area contributed by atoms with Crippen molar-refractivity contribution >= 4 is 17.4 Å². The van der Waals surface area contributed by atoms with Crippen LogP contribution in [-0.4, -0.2) is 29.2 Å². The zero-order valence-electron chi connectivity index (χ0n) is 12.7. The van der Waals surface area contributed by atoms with Crippen LogP contribution in [0.25, 0.3) is 0 Å². The van der Waals surface area contributed by atoms with Gasteiger partial charge in [0.05, 0.1) is 5.69 Å². The summed E-state index contributed by atoms with van der Waals surface area (Å²) in [5.41, 5.74) is 1.78. The van der Waals surface area contributed by atoms with Gasteiger partial charge in [-0.3, -0.25) is 4.79 Å². The topological polar surface area (TPSA) is 58.1 Å². The van der Waals surface area contributed by atoms with E-state index in [1.807, 2.05) is 49.4 Å². The van der Waals surface area contributed by atoms with E-state index in [0.717, 1.165) is 43.1 Å². The summed E-state index contributed by atoms with van der Waals surface area (Å²) in [5.74, 6) is 1.07. The van der Waals surface area contributed by atoms with Gasteiger partial charge in [0, 0.05) is 24.7 Å². The molecule has 5 heteroatoms. The van der Waals surface area contributed by atoms with Gasteiger partial charge >= 0.3 is 0 Å². The van der Waals surface area contributed by atoms with E-state index >= 15 is 0 Å². The Morgan fingerprint density at radius 3 is 2.45 bits per heavy atom. The van der Waals surface area contributed by atoms with Crippen LogP contribution in [0.2, 0.25) is 0 Å². The molecule has 0 radical (unpaired) electrons. The fourth-order valence-corrected chi connectivity index (χ4v) is 2.70. The highest BCUT2D eigenvalue weighted by Crippen LogP contribution is 2.22. The molecule has 1 aromatic heterocycles. The van der Waals surface area contributed by atoms with Gasteiger partial charge in [0.1, 0.15) is 0 Å². The van der Waals surface area contributed by atoms with E-state index in [4.69, 9.17) is 0 Å². The minimum atomic E-state index is 0.0647. The van der Waals surface area contributed by atoms with Gasteiger partial charge in [0.25, 0.3) is 0 Å². The molecule has 114 valence electrons. The zero-order chi connectivity index (χ0) is 15.4. The quantitative estimate of drug-likeness (QED) is 0.946. The number of carbonyl (C=O) groups excluding carboxylic acids is 1. The Kier molecular flexibility index (Phi) is 4.32. The predicted molar refractivity (Wildman–Crippen MR) is 86.8 cm³/mol. The average Bonchev–Trinajstić information content (AvgIpc) is 2.57. The first-order chi connectivity index (χ1) is 10.7. The summed E-state index contributed by atoms with van der Waals surface area (Å²) in [6.07, 6.45) is 1.68. The summed E-state index contributed by atoms with van der Waals surface area (Å²) < 4.78 is 0. The van der Waals surface area contributed by atoms with Crippen LogP contribution in [0, 0.1) is 12.8 Å². The molecule has 1 amide bonds. The van der Waals surface area contributed by atoms with Crippen molar-refractivity contribution in [2.45, 2.75) is 19.8 Å². The van der Waals surface area contributed by atoms with Gasteiger partial charge < -0.3 is 10.2 Å². The van der Waals surface area contributed by atoms with Crippen LogP contribution >= 0.6 is 0 Å². The molecule has 5 nitrogen and oxygen atoms in total. The van der Waals surface area contributed by atoms with E-state index in [1.54, 1.807) is 0 Å². The number of anilines is 2. The summed E-state index contributed by atoms with van der Waals surface area (Å²) in [6.45, 7) is 3.60. The second-order valence-corrected chi connectivity index (χ2v) is 5.65. The molecule has 2 aromatic rings. The number of hydrogen-bond donors (Lipinski definition) is 1. The first-order valence-corrected chi connectivity index (χ1v) is 7.63. The van der Waals surface area contributed by atoms with Crippen molar-refractivity contribution in [3.05, 3.63) is 48.2 Å². The van der Waals surface area contributed by atoms with E-state index < -0.39 is 0 Å². The Morgan fingerprint density at radius 2 is 1.82 bits per heavy atom. The average molecular weight is 296 g/mol. The molecule has 0 saturated carbocycles. The standard InChI is InChI=1S/C17H20N4O/c1-13-7-8-16(20-19-13)21-11-9-14(10-12-21)17(22)18-15-5-3-2-4-6-15/h2-8,14H,9-12H2,1H3,(H,18,22). The third kappa shape index (κ3) is 3.42. The van der Waals surface area contributed by atoms with Crippen LogP contribution in [0.5, 0.6) is 0 Å². The Bertz CT molecular complexity index is 619. The summed E-state index contributed by atoms with van der Waals surface area (Å²) in [5, 5.41) is 11.3. The molecule has 0 bridgehead atoms. The number of aryl methyl sites for hydroxylation is 1. The van der Waals surface area contributed by atoms with Crippen LogP contribution in [0.15, 0.2) is 42.5 Å². The summed E-state index contributed by atoms with van der Waals surface area (Å²) >= 11 is 0. The number of piperidine rings is 1. The van der Waals surface area contributed by atoms with Crippen molar-refractivity contribution in [2.24, 2.45) is 5.92 Å². The summed E-state index contributed by atoms with van der Waals surface area (Å²) in [7, 11) is 0. The van der Waals surface area contributed by atoms with Crippen molar-refractivity contribution in [3.63, 3.8) is 0 Å². The van der Waals surface area contributed by atoms with E-state index in [-0.39, 0.29) is 11.8 Å². The van der Waals surface area contributed by atoms with E-state index in [2.05, 4.69) is 20.4 Å². The van der Waals surface area contributed by atoms with E-state index in [9.17, 15) is 4.79 Å². The van der Waals surface area contributed by atoms with E-state index in [0.29, 0.717) is 0 Å². The number of rotatable bonds is 3. The lowest BCUT2D eigenvalue weighted by Gasteiger charge is -2.31. The first kappa shape index (κ1) is 14.5. The van der Waals surface area contributed by atoms with Gasteiger partial charge in [-0.2, -0.15) is 5.10 Å². The third-order valence-corrected chi connectivity index (χ3v) is 4.01. The minimum Gasteiger partial charge on any atom is -0.355 e. The second-order valence-electron chi connectivity index (χ2n) is 5.65. The molecule has 0 aliphatic carbocycles. The number of hydrogen-bond acceptors (Lipinski definition) is 4. The maximum Gasteiger partial charge on any atom is 0.227 e. The minimum absolute atomic E-state index is 0.0647. The Morgan fingerprint density at radius 1 is 1.09 bits per heavy atom. The number of carbonyl (C=O) groups is 1. The molecule has 0 spiro atoms. The van der Waals surface area contributed by atoms with Crippen LogP contribution < -0.4 is 10.2 Å². The predicted octanol–water partition coefficient (Wildman–Crippen LogP) is 2.64. The van der Waals surface area contributed by atoms with Crippen molar-refractivity contribution < 1.29 is 4.79 Å². The number of para-hydroxylation sites is 1. The van der Waals surface area contributed by atoms with Crippen molar-refractivity contribution in [2.75, 3.05) is 23.3 Å². The maximum absolute atomic E-state index is 12.3. The van der Waals surface area contributed by atoms with Gasteiger partial charge in [-0.15, -0.1) is 5.10 Å². The highest BCUT2D eigenvalue weighted by molar-refractivity contribution is 5.92. The third-order valence-electron chi connectivity index (χ3n) is 4.01. The van der Waals surface area contributed by atoms with Crippen LogP contribution in [0.3, 0.4) is 0 Å². The molecular formula is C17H20N4O. The monoisotopic (exact) mass is 296 g/mol. The molecule has 0 unspecified atom stereocenters. The molecule has 1 aromatic carbocycles. The molecule has 1 aliphatic heterocycles.